The number of benzene rings is 1. The Balaban J connectivity index is 1.08. The molecule has 0 saturated heterocycles. The highest BCUT2D eigenvalue weighted by Gasteiger charge is 2.60. The molecule has 0 radical (unpaired) electrons. The van der Waals surface area contributed by atoms with Crippen LogP contribution >= 0.6 is 0 Å². The molecule has 1 aromatic carbocycles. The standard InChI is InChI=1S/C28H41N3O3/c1-4-24(32)29-20-5-9-22(10-6-20)34-23-11-7-21(8-12-23)30-25(33)31-28-15-19-13-26(2,17-28)16-27(3,14-19)18-28/h5-6,9-10,19,21,23H,4,7-8,11-18H2,1-3H3,(H,29,32)(H2,30,31,33)/t19?,21?,23?,26-,27+,28?. The predicted octanol–water partition coefficient (Wildman–Crippen LogP) is 5.77. The molecule has 0 spiro atoms. The average molecular weight is 468 g/mol. The number of carbonyl (C=O) groups excluding carboxylic acids is 2. The summed E-state index contributed by atoms with van der Waals surface area (Å²) >= 11 is 0. The van der Waals surface area contributed by atoms with E-state index in [0.717, 1.165) is 62.3 Å². The molecule has 4 atom stereocenters. The molecule has 6 rings (SSSR count). The molecule has 3 N–H and O–H groups in total. The van der Waals surface area contributed by atoms with Crippen LogP contribution in [0.25, 0.3) is 0 Å². The Labute approximate surface area is 204 Å². The highest BCUT2D eigenvalue weighted by molar-refractivity contribution is 5.90. The van der Waals surface area contributed by atoms with Gasteiger partial charge in [-0.2, -0.15) is 0 Å². The van der Waals surface area contributed by atoms with Crippen molar-refractivity contribution in [3.05, 3.63) is 24.3 Å². The van der Waals surface area contributed by atoms with Crippen molar-refractivity contribution in [2.75, 3.05) is 5.32 Å². The molecule has 4 bridgehead atoms. The third kappa shape index (κ3) is 5.06. The first-order chi connectivity index (χ1) is 16.2. The summed E-state index contributed by atoms with van der Waals surface area (Å²) < 4.78 is 6.17. The maximum absolute atomic E-state index is 13.0. The first kappa shape index (κ1) is 23.5. The molecule has 5 saturated carbocycles. The van der Waals surface area contributed by atoms with Crippen molar-refractivity contribution >= 4 is 17.6 Å². The number of amides is 3. The number of ether oxygens (including phenoxy) is 1. The first-order valence-electron chi connectivity index (χ1n) is 13.3. The number of anilines is 1. The van der Waals surface area contributed by atoms with Crippen molar-refractivity contribution in [3.8, 4) is 5.75 Å². The van der Waals surface area contributed by atoms with E-state index in [1.165, 1.54) is 19.3 Å². The Hall–Kier alpha value is -2.24. The van der Waals surface area contributed by atoms with Gasteiger partial charge < -0.3 is 20.7 Å². The van der Waals surface area contributed by atoms with Crippen LogP contribution in [0.15, 0.2) is 24.3 Å². The third-order valence-electron chi connectivity index (χ3n) is 8.78. The van der Waals surface area contributed by atoms with Gasteiger partial charge in [0.05, 0.1) is 6.10 Å². The second-order valence-electron chi connectivity index (χ2n) is 12.5. The molecule has 186 valence electrons. The van der Waals surface area contributed by atoms with Crippen molar-refractivity contribution in [1.29, 1.82) is 0 Å². The monoisotopic (exact) mass is 467 g/mol. The fraction of sp³-hybridized carbons (Fsp3) is 0.714. The molecule has 0 aliphatic heterocycles. The zero-order valence-corrected chi connectivity index (χ0v) is 21.0. The van der Waals surface area contributed by atoms with Crippen molar-refractivity contribution in [2.45, 2.75) is 109 Å². The molecule has 6 nitrogen and oxygen atoms in total. The van der Waals surface area contributed by atoms with Gasteiger partial charge in [-0.05, 0) is 105 Å². The van der Waals surface area contributed by atoms with Crippen LogP contribution in [-0.2, 0) is 4.79 Å². The van der Waals surface area contributed by atoms with Crippen LogP contribution in [-0.4, -0.2) is 29.6 Å². The number of carbonyl (C=O) groups is 2. The van der Waals surface area contributed by atoms with E-state index in [4.69, 9.17) is 4.74 Å². The zero-order valence-electron chi connectivity index (χ0n) is 21.0. The summed E-state index contributed by atoms with van der Waals surface area (Å²) in [5.74, 6) is 1.61. The summed E-state index contributed by atoms with van der Waals surface area (Å²) in [6.45, 7) is 6.73. The summed E-state index contributed by atoms with van der Waals surface area (Å²) in [6.07, 6.45) is 11.8. The Morgan fingerprint density at radius 2 is 1.59 bits per heavy atom. The molecular weight excluding hydrogens is 426 g/mol. The molecule has 3 amide bonds. The lowest BCUT2D eigenvalue weighted by Gasteiger charge is -2.65. The van der Waals surface area contributed by atoms with Gasteiger partial charge in [-0.15, -0.1) is 0 Å². The first-order valence-corrected chi connectivity index (χ1v) is 13.3. The zero-order chi connectivity index (χ0) is 24.0. The van der Waals surface area contributed by atoms with Gasteiger partial charge in [-0.25, -0.2) is 4.79 Å². The molecule has 0 heterocycles. The van der Waals surface area contributed by atoms with Gasteiger partial charge >= 0.3 is 6.03 Å². The quantitative estimate of drug-likeness (QED) is 0.497. The van der Waals surface area contributed by atoms with E-state index in [9.17, 15) is 9.59 Å². The maximum atomic E-state index is 13.0. The Kier molecular flexibility index (Phi) is 6.06. The summed E-state index contributed by atoms with van der Waals surface area (Å²) in [5, 5.41) is 9.63. The Morgan fingerprint density at radius 3 is 2.18 bits per heavy atom. The molecule has 5 fully saturated rings. The number of hydrogen-bond acceptors (Lipinski definition) is 3. The van der Waals surface area contributed by atoms with E-state index < -0.39 is 0 Å². The normalized spacial score (nSPS) is 38.3. The van der Waals surface area contributed by atoms with Crippen molar-refractivity contribution in [2.24, 2.45) is 16.7 Å². The highest BCUT2D eigenvalue weighted by atomic mass is 16.5. The van der Waals surface area contributed by atoms with Crippen LogP contribution in [0.5, 0.6) is 5.75 Å². The van der Waals surface area contributed by atoms with Gasteiger partial charge in [-0.3, -0.25) is 4.79 Å². The average Bonchev–Trinajstić information content (AvgIpc) is 2.73. The van der Waals surface area contributed by atoms with Crippen LogP contribution in [0.3, 0.4) is 0 Å². The van der Waals surface area contributed by atoms with Crippen molar-refractivity contribution in [1.82, 2.24) is 10.6 Å². The van der Waals surface area contributed by atoms with Gasteiger partial charge in [-0.1, -0.05) is 20.8 Å². The van der Waals surface area contributed by atoms with E-state index >= 15 is 0 Å². The maximum Gasteiger partial charge on any atom is 0.315 e. The predicted molar refractivity (Wildman–Crippen MR) is 134 cm³/mol. The fourth-order valence-corrected chi connectivity index (χ4v) is 8.43. The summed E-state index contributed by atoms with van der Waals surface area (Å²) in [6, 6.07) is 7.83. The molecule has 5 aliphatic rings. The van der Waals surface area contributed by atoms with E-state index in [2.05, 4.69) is 29.8 Å². The van der Waals surface area contributed by atoms with E-state index in [1.54, 1.807) is 0 Å². The molecule has 34 heavy (non-hydrogen) atoms. The minimum atomic E-state index is -0.00389. The van der Waals surface area contributed by atoms with Crippen molar-refractivity contribution < 1.29 is 14.3 Å². The van der Waals surface area contributed by atoms with Gasteiger partial charge in [0.1, 0.15) is 5.75 Å². The third-order valence-corrected chi connectivity index (χ3v) is 8.78. The van der Waals surface area contributed by atoms with Crippen LogP contribution in [0.2, 0.25) is 0 Å². The smallest absolute Gasteiger partial charge is 0.315 e. The molecular formula is C28H41N3O3. The van der Waals surface area contributed by atoms with Gasteiger partial charge in [0, 0.05) is 23.7 Å². The number of hydrogen-bond donors (Lipinski definition) is 3. The Bertz CT molecular complexity index is 903. The lowest BCUT2D eigenvalue weighted by atomic mass is 9.43. The SMILES string of the molecule is CCC(=O)Nc1ccc(OC2CCC(NC(=O)NC34CC5C[C@@](C)(C3)C[C@](C)(C5)C4)CC2)cc1. The van der Waals surface area contributed by atoms with Crippen LogP contribution in [0, 0.1) is 16.7 Å². The number of rotatable bonds is 6. The number of nitrogens with one attached hydrogen (secondary N) is 3. The summed E-state index contributed by atoms with van der Waals surface area (Å²) in [7, 11) is 0. The molecule has 0 aromatic heterocycles. The highest BCUT2D eigenvalue weighted by Crippen LogP contribution is 2.66. The Morgan fingerprint density at radius 1 is 0.941 bits per heavy atom. The lowest BCUT2D eigenvalue weighted by Crippen LogP contribution is -2.66. The van der Waals surface area contributed by atoms with Crippen LogP contribution < -0.4 is 20.7 Å². The van der Waals surface area contributed by atoms with Gasteiger partial charge in [0.2, 0.25) is 5.91 Å². The molecule has 6 heteroatoms. The molecule has 2 unspecified atom stereocenters. The minimum Gasteiger partial charge on any atom is -0.490 e. The fourth-order valence-electron chi connectivity index (χ4n) is 8.43. The minimum absolute atomic E-state index is 0.00389. The second-order valence-corrected chi connectivity index (χ2v) is 12.5. The summed E-state index contributed by atoms with van der Waals surface area (Å²) in [5.41, 5.74) is 1.59. The summed E-state index contributed by atoms with van der Waals surface area (Å²) in [4.78, 5) is 24.5. The second kappa shape index (κ2) is 8.76. The van der Waals surface area contributed by atoms with E-state index in [1.807, 2.05) is 31.2 Å². The van der Waals surface area contributed by atoms with Crippen molar-refractivity contribution in [3.63, 3.8) is 0 Å². The topological polar surface area (TPSA) is 79.5 Å². The van der Waals surface area contributed by atoms with Gasteiger partial charge in [0.15, 0.2) is 0 Å². The lowest BCUT2D eigenvalue weighted by molar-refractivity contribution is -0.116. The van der Waals surface area contributed by atoms with E-state index in [0.29, 0.717) is 17.3 Å². The molecule has 1 aromatic rings. The largest absolute Gasteiger partial charge is 0.490 e. The van der Waals surface area contributed by atoms with Crippen LogP contribution in [0.4, 0.5) is 10.5 Å². The number of urea groups is 1. The van der Waals surface area contributed by atoms with Crippen LogP contribution in [0.1, 0.15) is 91.4 Å². The van der Waals surface area contributed by atoms with E-state index in [-0.39, 0.29) is 29.6 Å². The van der Waals surface area contributed by atoms with Gasteiger partial charge in [0.25, 0.3) is 0 Å². The molecule has 5 aliphatic carbocycles.